The van der Waals surface area contributed by atoms with Gasteiger partial charge in [0, 0.05) is 37.6 Å². The molecule has 28 heavy (non-hydrogen) atoms. The van der Waals surface area contributed by atoms with Gasteiger partial charge in [0.15, 0.2) is 0 Å². The first kappa shape index (κ1) is 19.7. The first-order valence-electron chi connectivity index (χ1n) is 9.25. The summed E-state index contributed by atoms with van der Waals surface area (Å²) < 4.78 is 10.4. The molecule has 1 aliphatic rings. The van der Waals surface area contributed by atoms with E-state index in [9.17, 15) is 9.59 Å². The van der Waals surface area contributed by atoms with Crippen LogP contribution in [0.3, 0.4) is 0 Å². The molecule has 0 aromatic heterocycles. The van der Waals surface area contributed by atoms with Crippen molar-refractivity contribution in [1.82, 2.24) is 4.90 Å². The topological polar surface area (TPSA) is 71.1 Å². The van der Waals surface area contributed by atoms with Gasteiger partial charge < -0.3 is 24.6 Å². The number of piperazine rings is 1. The van der Waals surface area contributed by atoms with Crippen LogP contribution in [0.2, 0.25) is 0 Å². The molecule has 1 saturated heterocycles. The Balaban J connectivity index is 1.35. The van der Waals surface area contributed by atoms with Crippen LogP contribution in [0, 0.1) is 0 Å². The van der Waals surface area contributed by atoms with E-state index in [4.69, 9.17) is 9.47 Å². The predicted molar refractivity (Wildman–Crippen MR) is 108 cm³/mol. The van der Waals surface area contributed by atoms with Gasteiger partial charge in [-0.2, -0.15) is 0 Å². The van der Waals surface area contributed by atoms with Crippen molar-refractivity contribution in [3.8, 4) is 5.75 Å². The van der Waals surface area contributed by atoms with Crippen LogP contribution in [0.15, 0.2) is 54.6 Å². The normalized spacial score (nSPS) is 13.9. The molecular weight excluding hydrogens is 358 g/mol. The fourth-order valence-electron chi connectivity index (χ4n) is 3.05. The molecule has 0 unspecified atom stereocenters. The summed E-state index contributed by atoms with van der Waals surface area (Å²) >= 11 is 0. The Hall–Kier alpha value is -3.06. The molecule has 0 spiro atoms. The molecule has 2 aromatic carbocycles. The van der Waals surface area contributed by atoms with Gasteiger partial charge in [-0.3, -0.25) is 9.59 Å². The number of anilines is 2. The molecule has 1 fully saturated rings. The molecule has 0 radical (unpaired) electrons. The van der Waals surface area contributed by atoms with Crippen molar-refractivity contribution in [3.05, 3.63) is 54.6 Å². The van der Waals surface area contributed by atoms with Crippen LogP contribution in [-0.4, -0.2) is 63.2 Å². The molecule has 0 aliphatic carbocycles. The van der Waals surface area contributed by atoms with Gasteiger partial charge in [0.2, 0.25) is 11.8 Å². The molecule has 0 saturated carbocycles. The van der Waals surface area contributed by atoms with E-state index in [1.165, 1.54) is 5.69 Å². The number of rotatable bonds is 7. The van der Waals surface area contributed by atoms with Crippen LogP contribution in [0.1, 0.15) is 0 Å². The van der Waals surface area contributed by atoms with E-state index in [-0.39, 0.29) is 25.0 Å². The van der Waals surface area contributed by atoms with E-state index >= 15 is 0 Å². The number of carbonyl (C=O) groups excluding carboxylic acids is 2. The summed E-state index contributed by atoms with van der Waals surface area (Å²) in [6.07, 6.45) is 0. The van der Waals surface area contributed by atoms with Gasteiger partial charge in [-0.25, -0.2) is 0 Å². The average Bonchev–Trinajstić information content (AvgIpc) is 2.75. The zero-order valence-electron chi connectivity index (χ0n) is 16.0. The van der Waals surface area contributed by atoms with Gasteiger partial charge in [-0.1, -0.05) is 18.2 Å². The highest BCUT2D eigenvalue weighted by Gasteiger charge is 2.21. The summed E-state index contributed by atoms with van der Waals surface area (Å²) in [6, 6.07) is 17.2. The van der Waals surface area contributed by atoms with Crippen LogP contribution in [0.25, 0.3) is 0 Å². The minimum atomic E-state index is -0.299. The number of nitrogens with one attached hydrogen (secondary N) is 1. The van der Waals surface area contributed by atoms with Crippen molar-refractivity contribution in [2.75, 3.05) is 56.7 Å². The molecule has 0 bridgehead atoms. The maximum absolute atomic E-state index is 12.3. The quantitative estimate of drug-likeness (QED) is 0.792. The van der Waals surface area contributed by atoms with Gasteiger partial charge >= 0.3 is 0 Å². The lowest BCUT2D eigenvalue weighted by Crippen LogP contribution is -2.49. The Kier molecular flexibility index (Phi) is 6.86. The van der Waals surface area contributed by atoms with E-state index in [2.05, 4.69) is 22.3 Å². The molecule has 2 aromatic rings. The molecule has 1 N–H and O–H groups in total. The molecule has 7 heteroatoms. The second-order valence-electron chi connectivity index (χ2n) is 6.47. The van der Waals surface area contributed by atoms with E-state index in [0.717, 1.165) is 13.1 Å². The molecule has 1 aliphatic heterocycles. The number of nitrogens with zero attached hydrogens (tertiary/aromatic N) is 2. The Labute approximate surface area is 164 Å². The smallest absolute Gasteiger partial charge is 0.250 e. The number of methoxy groups -OCH3 is 1. The number of ether oxygens (including phenoxy) is 2. The fraction of sp³-hybridized carbons (Fsp3) is 0.333. The maximum atomic E-state index is 12.3. The lowest BCUT2D eigenvalue weighted by Gasteiger charge is -2.36. The molecule has 7 nitrogen and oxygen atoms in total. The second kappa shape index (κ2) is 9.75. The number of hydrogen-bond donors (Lipinski definition) is 1. The highest BCUT2D eigenvalue weighted by atomic mass is 16.5. The second-order valence-corrected chi connectivity index (χ2v) is 6.47. The fourth-order valence-corrected chi connectivity index (χ4v) is 3.05. The Morgan fingerprint density at radius 2 is 1.61 bits per heavy atom. The van der Waals surface area contributed by atoms with Gasteiger partial charge in [0.05, 0.1) is 7.11 Å². The van der Waals surface area contributed by atoms with Crippen LogP contribution in [0.5, 0.6) is 5.75 Å². The van der Waals surface area contributed by atoms with Gasteiger partial charge in [-0.05, 0) is 36.4 Å². The molecule has 2 amide bonds. The van der Waals surface area contributed by atoms with Gasteiger partial charge in [0.1, 0.15) is 19.0 Å². The van der Waals surface area contributed by atoms with E-state index in [0.29, 0.717) is 24.5 Å². The van der Waals surface area contributed by atoms with Crippen molar-refractivity contribution < 1.29 is 19.1 Å². The van der Waals surface area contributed by atoms with Crippen LogP contribution < -0.4 is 15.0 Å². The first-order valence-corrected chi connectivity index (χ1v) is 9.25. The van der Waals surface area contributed by atoms with Gasteiger partial charge in [-0.15, -0.1) is 0 Å². The average molecular weight is 383 g/mol. The summed E-state index contributed by atoms with van der Waals surface area (Å²) in [5.41, 5.74) is 1.82. The minimum absolute atomic E-state index is 0.0926. The van der Waals surface area contributed by atoms with Crippen LogP contribution in [0.4, 0.5) is 11.4 Å². The summed E-state index contributed by atoms with van der Waals surface area (Å²) in [5.74, 6) is 0.323. The third-order valence-electron chi connectivity index (χ3n) is 4.59. The zero-order chi connectivity index (χ0) is 19.8. The summed E-state index contributed by atoms with van der Waals surface area (Å²) in [7, 11) is 1.58. The lowest BCUT2D eigenvalue weighted by atomic mass is 10.2. The van der Waals surface area contributed by atoms with Crippen molar-refractivity contribution >= 4 is 23.2 Å². The summed E-state index contributed by atoms with van der Waals surface area (Å²) in [6.45, 7) is 2.61. The van der Waals surface area contributed by atoms with Crippen LogP contribution >= 0.6 is 0 Å². The molecule has 3 rings (SSSR count). The number of hydrogen-bond acceptors (Lipinski definition) is 5. The van der Waals surface area contributed by atoms with Crippen molar-refractivity contribution in [2.45, 2.75) is 0 Å². The third-order valence-corrected chi connectivity index (χ3v) is 4.59. The Morgan fingerprint density at radius 1 is 0.929 bits per heavy atom. The number of benzene rings is 2. The van der Waals surface area contributed by atoms with Gasteiger partial charge in [0.25, 0.3) is 0 Å². The first-order chi connectivity index (χ1) is 13.7. The minimum Gasteiger partial charge on any atom is -0.497 e. The zero-order valence-corrected chi connectivity index (χ0v) is 16.0. The third kappa shape index (κ3) is 5.47. The van der Waals surface area contributed by atoms with E-state index < -0.39 is 0 Å². The molecule has 1 heterocycles. The van der Waals surface area contributed by atoms with Crippen molar-refractivity contribution in [1.29, 1.82) is 0 Å². The Morgan fingerprint density at radius 3 is 2.25 bits per heavy atom. The largest absolute Gasteiger partial charge is 0.497 e. The highest BCUT2D eigenvalue weighted by molar-refractivity contribution is 5.92. The van der Waals surface area contributed by atoms with E-state index in [1.54, 1.807) is 36.3 Å². The Bertz CT molecular complexity index is 772. The summed E-state index contributed by atoms with van der Waals surface area (Å²) in [4.78, 5) is 28.2. The van der Waals surface area contributed by atoms with Crippen molar-refractivity contribution in [2.24, 2.45) is 0 Å². The van der Waals surface area contributed by atoms with E-state index in [1.807, 2.05) is 18.2 Å². The highest BCUT2D eigenvalue weighted by Crippen LogP contribution is 2.16. The number of carbonyl (C=O) groups is 2. The number of amides is 2. The van der Waals surface area contributed by atoms with Crippen molar-refractivity contribution in [3.63, 3.8) is 0 Å². The molecule has 0 atom stereocenters. The monoisotopic (exact) mass is 383 g/mol. The SMILES string of the molecule is COc1ccc(NC(=O)COCC(=O)N2CCN(c3ccccc3)CC2)cc1. The lowest BCUT2D eigenvalue weighted by molar-refractivity contribution is -0.137. The summed E-state index contributed by atoms with van der Waals surface area (Å²) in [5, 5.41) is 2.72. The predicted octanol–water partition coefficient (Wildman–Crippen LogP) is 2.00. The van der Waals surface area contributed by atoms with Crippen LogP contribution in [-0.2, 0) is 14.3 Å². The number of para-hydroxylation sites is 1. The molecular formula is C21H25N3O4. The maximum Gasteiger partial charge on any atom is 0.250 e. The standard InChI is InChI=1S/C21H25N3O4/c1-27-19-9-7-17(8-10-19)22-20(25)15-28-16-21(26)24-13-11-23(12-14-24)18-5-3-2-4-6-18/h2-10H,11-16H2,1H3,(H,22,25). The molecule has 148 valence electrons.